The van der Waals surface area contributed by atoms with Gasteiger partial charge in [0, 0.05) is 12.0 Å². The second kappa shape index (κ2) is 8.94. The Bertz CT molecular complexity index is 743. The van der Waals surface area contributed by atoms with Crippen molar-refractivity contribution in [3.05, 3.63) is 60.2 Å². The van der Waals surface area contributed by atoms with Crippen LogP contribution in [0.2, 0.25) is 0 Å². The van der Waals surface area contributed by atoms with Gasteiger partial charge in [-0.15, -0.1) is 0 Å². The highest BCUT2D eigenvalue weighted by Gasteiger charge is 2.09. The first-order valence-electron chi connectivity index (χ1n) is 8.01. The van der Waals surface area contributed by atoms with Gasteiger partial charge in [-0.3, -0.25) is 20.4 Å². The highest BCUT2D eigenvalue weighted by Crippen LogP contribution is 2.19. The molecule has 0 atom stereocenters. The maximum atomic E-state index is 12.1. The van der Waals surface area contributed by atoms with Crippen LogP contribution in [0.1, 0.15) is 30.6 Å². The maximum absolute atomic E-state index is 12.1. The van der Waals surface area contributed by atoms with Crippen molar-refractivity contribution in [1.82, 2.24) is 16.2 Å². The van der Waals surface area contributed by atoms with E-state index in [2.05, 4.69) is 16.2 Å². The average molecular weight is 355 g/mol. The van der Waals surface area contributed by atoms with E-state index in [-0.39, 0.29) is 22.8 Å². The fourth-order valence-corrected chi connectivity index (χ4v) is 2.37. The van der Waals surface area contributed by atoms with Crippen LogP contribution in [0.4, 0.5) is 0 Å². The van der Waals surface area contributed by atoms with Crippen LogP contribution in [0.3, 0.4) is 0 Å². The van der Waals surface area contributed by atoms with E-state index in [1.807, 2.05) is 56.3 Å². The summed E-state index contributed by atoms with van der Waals surface area (Å²) in [6.07, 6.45) is 0.372. The van der Waals surface area contributed by atoms with Gasteiger partial charge in [-0.2, -0.15) is 0 Å². The van der Waals surface area contributed by atoms with Crippen molar-refractivity contribution in [2.24, 2.45) is 5.92 Å². The lowest BCUT2D eigenvalue weighted by Crippen LogP contribution is -2.48. The fourth-order valence-electron chi connectivity index (χ4n) is 2.21. The molecule has 2 amide bonds. The summed E-state index contributed by atoms with van der Waals surface area (Å²) in [7, 11) is 0. The number of hydrogen-bond donors (Lipinski definition) is 3. The van der Waals surface area contributed by atoms with Crippen LogP contribution in [0, 0.1) is 5.92 Å². The molecule has 0 bridgehead atoms. The molecule has 5 nitrogen and oxygen atoms in total. The summed E-state index contributed by atoms with van der Waals surface area (Å²) in [4.78, 5) is 23.7. The summed E-state index contributed by atoms with van der Waals surface area (Å²) in [5, 5.41) is 2.58. The molecule has 0 saturated heterocycles. The molecule has 6 heteroatoms. The van der Waals surface area contributed by atoms with E-state index >= 15 is 0 Å². The minimum absolute atomic E-state index is 0.0694. The highest BCUT2D eigenvalue weighted by atomic mass is 32.1. The predicted molar refractivity (Wildman–Crippen MR) is 103 cm³/mol. The van der Waals surface area contributed by atoms with Crippen LogP contribution in [0.5, 0.6) is 0 Å². The van der Waals surface area contributed by atoms with Gasteiger partial charge in [0.15, 0.2) is 5.11 Å². The molecule has 0 saturated carbocycles. The van der Waals surface area contributed by atoms with Crippen LogP contribution in [0.25, 0.3) is 11.1 Å². The van der Waals surface area contributed by atoms with Gasteiger partial charge in [0.05, 0.1) is 0 Å². The summed E-state index contributed by atoms with van der Waals surface area (Å²) in [6, 6.07) is 17.1. The van der Waals surface area contributed by atoms with Crippen molar-refractivity contribution in [2.45, 2.75) is 20.3 Å². The molecule has 0 spiro atoms. The molecule has 130 valence electrons. The largest absolute Gasteiger partial charge is 0.302 e. The molecule has 2 rings (SSSR count). The third kappa shape index (κ3) is 6.00. The molecule has 25 heavy (non-hydrogen) atoms. The van der Waals surface area contributed by atoms with E-state index in [4.69, 9.17) is 12.2 Å². The lowest BCUT2D eigenvalue weighted by Gasteiger charge is -2.11. The van der Waals surface area contributed by atoms with Crippen molar-refractivity contribution in [3.63, 3.8) is 0 Å². The molecule has 2 aromatic carbocycles. The summed E-state index contributed by atoms with van der Waals surface area (Å²) < 4.78 is 0. The topological polar surface area (TPSA) is 70.2 Å². The first-order chi connectivity index (χ1) is 12.0. The van der Waals surface area contributed by atoms with Gasteiger partial charge in [0.2, 0.25) is 5.91 Å². The molecular weight excluding hydrogens is 334 g/mol. The van der Waals surface area contributed by atoms with Crippen molar-refractivity contribution >= 4 is 29.1 Å². The van der Waals surface area contributed by atoms with Gasteiger partial charge in [-0.1, -0.05) is 56.3 Å². The number of carbonyl (C=O) groups excluding carboxylic acids is 2. The van der Waals surface area contributed by atoms with Gasteiger partial charge >= 0.3 is 0 Å². The first kappa shape index (κ1) is 18.6. The Morgan fingerprint density at radius 2 is 1.52 bits per heavy atom. The average Bonchev–Trinajstić information content (AvgIpc) is 2.60. The number of thiocarbonyl (C=S) groups is 1. The Hall–Kier alpha value is -2.73. The number of rotatable bonds is 4. The summed E-state index contributed by atoms with van der Waals surface area (Å²) in [6.45, 7) is 3.88. The van der Waals surface area contributed by atoms with Gasteiger partial charge < -0.3 is 5.32 Å². The van der Waals surface area contributed by atoms with Crippen LogP contribution >= 0.6 is 12.2 Å². The fraction of sp³-hybridized carbons (Fsp3) is 0.211. The Kier molecular flexibility index (Phi) is 6.65. The Balaban J connectivity index is 1.87. The zero-order valence-corrected chi connectivity index (χ0v) is 15.0. The second-order valence-corrected chi connectivity index (χ2v) is 6.41. The number of carbonyl (C=O) groups is 2. The van der Waals surface area contributed by atoms with E-state index in [1.165, 1.54) is 0 Å². The number of nitrogens with one attached hydrogen (secondary N) is 3. The molecule has 0 aliphatic rings. The van der Waals surface area contributed by atoms with Crippen LogP contribution in [0.15, 0.2) is 54.6 Å². The monoisotopic (exact) mass is 355 g/mol. The molecule has 0 aliphatic carbocycles. The standard InChI is InChI=1S/C19H21N3O2S/c1-13(2)12-17(23)20-19(25)22-21-18(24)16-10-8-15(9-11-16)14-6-4-3-5-7-14/h3-11,13H,12H2,1-2H3,(H,21,24)(H2,20,22,23,25). The maximum Gasteiger partial charge on any atom is 0.269 e. The number of amides is 2. The molecule has 0 unspecified atom stereocenters. The number of hydrogen-bond acceptors (Lipinski definition) is 3. The van der Waals surface area contributed by atoms with Gasteiger partial charge in [0.1, 0.15) is 0 Å². The third-order valence-corrected chi connectivity index (χ3v) is 3.59. The minimum atomic E-state index is -0.333. The lowest BCUT2D eigenvalue weighted by molar-refractivity contribution is -0.120. The molecule has 0 radical (unpaired) electrons. The SMILES string of the molecule is CC(C)CC(=O)NC(=S)NNC(=O)c1ccc(-c2ccccc2)cc1. The molecule has 3 N–H and O–H groups in total. The van der Waals surface area contributed by atoms with Crippen molar-refractivity contribution in [3.8, 4) is 11.1 Å². The predicted octanol–water partition coefficient (Wildman–Crippen LogP) is 3.04. The molecule has 2 aromatic rings. The first-order valence-corrected chi connectivity index (χ1v) is 8.42. The van der Waals surface area contributed by atoms with E-state index in [1.54, 1.807) is 12.1 Å². The van der Waals surface area contributed by atoms with Crippen LogP contribution < -0.4 is 16.2 Å². The van der Waals surface area contributed by atoms with Crippen molar-refractivity contribution in [2.75, 3.05) is 0 Å². The van der Waals surface area contributed by atoms with E-state index in [0.29, 0.717) is 12.0 Å². The van der Waals surface area contributed by atoms with Gasteiger partial charge in [0.25, 0.3) is 5.91 Å². The summed E-state index contributed by atoms with van der Waals surface area (Å²) >= 11 is 4.98. The molecular formula is C19H21N3O2S. The zero-order chi connectivity index (χ0) is 18.2. The van der Waals surface area contributed by atoms with Crippen molar-refractivity contribution in [1.29, 1.82) is 0 Å². The van der Waals surface area contributed by atoms with Crippen LogP contribution in [-0.4, -0.2) is 16.9 Å². The van der Waals surface area contributed by atoms with Gasteiger partial charge in [-0.05, 0) is 41.4 Å². The van der Waals surface area contributed by atoms with Crippen molar-refractivity contribution < 1.29 is 9.59 Å². The summed E-state index contributed by atoms with van der Waals surface area (Å²) in [5.41, 5.74) is 7.61. The third-order valence-electron chi connectivity index (χ3n) is 3.39. The zero-order valence-electron chi connectivity index (χ0n) is 14.2. The molecule has 0 aromatic heterocycles. The minimum Gasteiger partial charge on any atom is -0.302 e. The van der Waals surface area contributed by atoms with E-state index < -0.39 is 0 Å². The Morgan fingerprint density at radius 3 is 2.12 bits per heavy atom. The van der Waals surface area contributed by atoms with Crippen LogP contribution in [-0.2, 0) is 4.79 Å². The lowest BCUT2D eigenvalue weighted by atomic mass is 10.0. The number of hydrazine groups is 1. The Morgan fingerprint density at radius 1 is 0.920 bits per heavy atom. The molecule has 0 heterocycles. The smallest absolute Gasteiger partial charge is 0.269 e. The molecule has 0 aliphatic heterocycles. The summed E-state index contributed by atoms with van der Waals surface area (Å²) in [5.74, 6) is -0.283. The highest BCUT2D eigenvalue weighted by molar-refractivity contribution is 7.80. The second-order valence-electron chi connectivity index (χ2n) is 6.00. The van der Waals surface area contributed by atoms with E-state index in [0.717, 1.165) is 11.1 Å². The Labute approximate surface area is 152 Å². The van der Waals surface area contributed by atoms with E-state index in [9.17, 15) is 9.59 Å². The number of benzene rings is 2. The van der Waals surface area contributed by atoms with Gasteiger partial charge in [-0.25, -0.2) is 0 Å². The quantitative estimate of drug-likeness (QED) is 0.582. The molecule has 0 fully saturated rings. The normalized spacial score (nSPS) is 10.2.